The summed E-state index contributed by atoms with van der Waals surface area (Å²) in [6, 6.07) is 13.3. The maximum atomic E-state index is 13.2. The Morgan fingerprint density at radius 1 is 1.08 bits per heavy atom. The maximum Gasteiger partial charge on any atom is 0.295 e. The number of imidazole rings is 1. The van der Waals surface area contributed by atoms with Gasteiger partial charge in [-0.2, -0.15) is 0 Å². The van der Waals surface area contributed by atoms with Crippen molar-refractivity contribution < 1.29 is 24.2 Å². The van der Waals surface area contributed by atoms with Crippen LogP contribution in [-0.4, -0.2) is 50.5 Å². The van der Waals surface area contributed by atoms with E-state index in [-0.39, 0.29) is 17.4 Å². The molecule has 3 aromatic rings. The Morgan fingerprint density at radius 2 is 1.78 bits per heavy atom. The first-order valence-corrected chi connectivity index (χ1v) is 12.2. The molecule has 1 saturated heterocycles. The van der Waals surface area contributed by atoms with Crippen molar-refractivity contribution in [2.75, 3.05) is 13.2 Å². The number of ether oxygens (including phenoxy) is 2. The number of carbonyl (C=O) groups excluding carboxylic acids is 2. The number of benzene rings is 2. The number of nitrogens with zero attached hydrogens (tertiary/aromatic N) is 3. The van der Waals surface area contributed by atoms with Gasteiger partial charge in [0.05, 0.1) is 24.0 Å². The maximum absolute atomic E-state index is 13.2. The lowest BCUT2D eigenvalue weighted by Crippen LogP contribution is -2.31. The molecule has 37 heavy (non-hydrogen) atoms. The van der Waals surface area contributed by atoms with Gasteiger partial charge in [-0.25, -0.2) is 4.98 Å². The number of aliphatic hydroxyl groups excluding tert-OH is 1. The van der Waals surface area contributed by atoms with Crippen molar-refractivity contribution in [2.24, 2.45) is 0 Å². The first-order chi connectivity index (χ1) is 17.9. The summed E-state index contributed by atoms with van der Waals surface area (Å²) >= 11 is 0. The predicted molar refractivity (Wildman–Crippen MR) is 140 cm³/mol. The Labute approximate surface area is 216 Å². The average molecular weight is 502 g/mol. The first-order valence-electron chi connectivity index (χ1n) is 12.2. The number of rotatable bonds is 11. The smallest absolute Gasteiger partial charge is 0.295 e. The Balaban J connectivity index is 1.68. The number of amides is 1. The van der Waals surface area contributed by atoms with Crippen LogP contribution in [0.3, 0.4) is 0 Å². The largest absolute Gasteiger partial charge is 0.507 e. The highest BCUT2D eigenvalue weighted by Gasteiger charge is 2.45. The van der Waals surface area contributed by atoms with Crippen LogP contribution in [0.2, 0.25) is 0 Å². The van der Waals surface area contributed by atoms with E-state index < -0.39 is 17.7 Å². The molecule has 0 radical (unpaired) electrons. The number of ketones is 1. The van der Waals surface area contributed by atoms with Crippen LogP contribution in [-0.2, 0) is 16.1 Å². The number of aliphatic hydroxyl groups is 1. The van der Waals surface area contributed by atoms with Crippen molar-refractivity contribution in [1.82, 2.24) is 14.5 Å². The van der Waals surface area contributed by atoms with Crippen molar-refractivity contribution in [3.05, 3.63) is 96.6 Å². The highest BCUT2D eigenvalue weighted by molar-refractivity contribution is 6.46. The fourth-order valence-corrected chi connectivity index (χ4v) is 4.32. The number of hydrogen-bond acceptors (Lipinski definition) is 6. The van der Waals surface area contributed by atoms with E-state index >= 15 is 0 Å². The molecule has 192 valence electrons. The molecular formula is C29H31N3O5. The minimum atomic E-state index is -0.733. The zero-order chi connectivity index (χ0) is 26.4. The predicted octanol–water partition coefficient (Wildman–Crippen LogP) is 4.75. The summed E-state index contributed by atoms with van der Waals surface area (Å²) in [5.41, 5.74) is 1.20. The van der Waals surface area contributed by atoms with E-state index in [0.717, 1.165) is 0 Å². The van der Waals surface area contributed by atoms with E-state index in [2.05, 4.69) is 11.6 Å². The van der Waals surface area contributed by atoms with E-state index in [1.54, 1.807) is 55.0 Å². The number of aromatic nitrogens is 2. The summed E-state index contributed by atoms with van der Waals surface area (Å²) in [7, 11) is 0. The number of Topliss-reactive ketones (excluding diaryl/α,β-unsaturated/α-hetero) is 1. The van der Waals surface area contributed by atoms with E-state index in [0.29, 0.717) is 48.7 Å². The molecule has 0 spiro atoms. The van der Waals surface area contributed by atoms with Crippen LogP contribution in [0.4, 0.5) is 0 Å². The zero-order valence-electron chi connectivity index (χ0n) is 21.0. The summed E-state index contributed by atoms with van der Waals surface area (Å²) in [6.45, 7) is 8.84. The number of carbonyl (C=O) groups is 2. The minimum absolute atomic E-state index is 0.00512. The number of hydrogen-bond donors (Lipinski definition) is 1. The third-order valence-corrected chi connectivity index (χ3v) is 5.98. The first kappa shape index (κ1) is 25.8. The molecule has 1 atom stereocenters. The van der Waals surface area contributed by atoms with Crippen LogP contribution < -0.4 is 9.47 Å². The quantitative estimate of drug-likeness (QED) is 0.176. The summed E-state index contributed by atoms with van der Waals surface area (Å²) < 4.78 is 13.2. The topological polar surface area (TPSA) is 93.9 Å². The third-order valence-electron chi connectivity index (χ3n) is 5.98. The van der Waals surface area contributed by atoms with E-state index in [1.165, 1.54) is 4.90 Å². The fraction of sp³-hybridized carbons (Fsp3) is 0.276. The second kappa shape index (κ2) is 11.6. The Bertz CT molecular complexity index is 1260. The number of aryl methyl sites for hydroxylation is 1. The van der Waals surface area contributed by atoms with Gasteiger partial charge in [-0.1, -0.05) is 24.8 Å². The van der Waals surface area contributed by atoms with Crippen molar-refractivity contribution >= 4 is 17.4 Å². The van der Waals surface area contributed by atoms with Crippen molar-refractivity contribution in [3.8, 4) is 11.5 Å². The van der Waals surface area contributed by atoms with Gasteiger partial charge >= 0.3 is 0 Å². The van der Waals surface area contributed by atoms with Crippen molar-refractivity contribution in [1.29, 1.82) is 0 Å². The van der Waals surface area contributed by atoms with Gasteiger partial charge in [-0.15, -0.1) is 0 Å². The molecule has 4 rings (SSSR count). The molecular weight excluding hydrogens is 470 g/mol. The summed E-state index contributed by atoms with van der Waals surface area (Å²) in [5, 5.41) is 11.3. The van der Waals surface area contributed by atoms with Gasteiger partial charge in [0.25, 0.3) is 11.7 Å². The molecule has 1 unspecified atom stereocenters. The second-order valence-corrected chi connectivity index (χ2v) is 9.01. The molecule has 0 aliphatic carbocycles. The lowest BCUT2D eigenvalue weighted by molar-refractivity contribution is -0.139. The van der Waals surface area contributed by atoms with Crippen LogP contribution >= 0.6 is 0 Å². The molecule has 1 aromatic heterocycles. The zero-order valence-corrected chi connectivity index (χ0v) is 21.0. The molecule has 0 saturated carbocycles. The van der Waals surface area contributed by atoms with Crippen molar-refractivity contribution in [2.45, 2.75) is 39.0 Å². The second-order valence-electron chi connectivity index (χ2n) is 9.01. The van der Waals surface area contributed by atoms with Crippen LogP contribution in [0.5, 0.6) is 11.5 Å². The minimum Gasteiger partial charge on any atom is -0.507 e. The molecule has 0 bridgehead atoms. The summed E-state index contributed by atoms with van der Waals surface area (Å²) in [6.07, 6.45) is 7.52. The van der Waals surface area contributed by atoms with Gasteiger partial charge in [-0.05, 0) is 62.2 Å². The van der Waals surface area contributed by atoms with E-state index in [1.807, 2.05) is 36.7 Å². The van der Waals surface area contributed by atoms with Gasteiger partial charge in [0.15, 0.2) is 0 Å². The van der Waals surface area contributed by atoms with Gasteiger partial charge in [0.2, 0.25) is 0 Å². The fourth-order valence-electron chi connectivity index (χ4n) is 4.32. The summed E-state index contributed by atoms with van der Waals surface area (Å²) in [4.78, 5) is 32.0. The van der Waals surface area contributed by atoms with Gasteiger partial charge < -0.3 is 24.0 Å². The molecule has 8 nitrogen and oxygen atoms in total. The average Bonchev–Trinajstić information content (AvgIpc) is 3.50. The van der Waals surface area contributed by atoms with Gasteiger partial charge in [0, 0.05) is 31.0 Å². The van der Waals surface area contributed by atoms with Gasteiger partial charge in [0.1, 0.15) is 23.9 Å². The van der Waals surface area contributed by atoms with E-state index in [4.69, 9.17) is 9.47 Å². The van der Waals surface area contributed by atoms with Crippen LogP contribution in [0.25, 0.3) is 5.76 Å². The monoisotopic (exact) mass is 501 g/mol. The molecule has 1 amide bonds. The molecule has 8 heteroatoms. The molecule has 1 aliphatic rings. The highest BCUT2D eigenvalue weighted by Crippen LogP contribution is 2.40. The number of likely N-dealkylation sites (tertiary alicyclic amines) is 1. The van der Waals surface area contributed by atoms with Crippen LogP contribution in [0.1, 0.15) is 37.4 Å². The molecule has 1 N–H and O–H groups in total. The molecule has 1 fully saturated rings. The highest BCUT2D eigenvalue weighted by atomic mass is 16.5. The standard InChI is InChI=1S/C29H31N3O5/c1-4-18-36-23-10-6-21(7-11-23)26-25(27(33)22-8-12-24(13-9-22)37-20(2)3)28(34)29(35)32(26)16-5-15-31-17-14-30-19-31/h4,6-14,17,19-20,26,33H,1,5,15-16,18H2,2-3H3. The Hall–Kier alpha value is -4.33. The third kappa shape index (κ3) is 5.91. The van der Waals surface area contributed by atoms with E-state index in [9.17, 15) is 14.7 Å². The normalized spacial score (nSPS) is 16.8. The SMILES string of the molecule is C=CCOc1ccc(C2C(=C(O)c3ccc(OC(C)C)cc3)C(=O)C(=O)N2CCCn2ccnc2)cc1. The summed E-state index contributed by atoms with van der Waals surface area (Å²) in [5.74, 6) is -0.272. The molecule has 2 aromatic carbocycles. The molecule has 1 aliphatic heterocycles. The Morgan fingerprint density at radius 3 is 2.41 bits per heavy atom. The van der Waals surface area contributed by atoms with Crippen LogP contribution in [0, 0.1) is 0 Å². The van der Waals surface area contributed by atoms with Crippen LogP contribution in [0.15, 0.2) is 85.5 Å². The molecule has 2 heterocycles. The van der Waals surface area contributed by atoms with Gasteiger partial charge in [-0.3, -0.25) is 9.59 Å². The lowest BCUT2D eigenvalue weighted by atomic mass is 9.95. The van der Waals surface area contributed by atoms with Crippen molar-refractivity contribution in [3.63, 3.8) is 0 Å². The Kier molecular flexibility index (Phi) is 8.08. The lowest BCUT2D eigenvalue weighted by Gasteiger charge is -2.25.